The third-order valence-electron chi connectivity index (χ3n) is 1.44. The largest absolute Gasteiger partial charge is 0.385 e. The van der Waals surface area contributed by atoms with Crippen LogP contribution in [0.3, 0.4) is 0 Å². The van der Waals surface area contributed by atoms with Gasteiger partial charge in [-0.15, -0.1) is 0 Å². The Labute approximate surface area is 79.0 Å². The van der Waals surface area contributed by atoms with E-state index in [2.05, 4.69) is 15.3 Å². The minimum atomic E-state index is -2.79. The second-order valence-electron chi connectivity index (χ2n) is 2.59. The van der Waals surface area contributed by atoms with Gasteiger partial charge in [0.25, 0.3) is 6.43 Å². The number of rotatable bonds is 4. The van der Waals surface area contributed by atoms with Crippen molar-refractivity contribution in [3.05, 3.63) is 12.3 Å². The van der Waals surface area contributed by atoms with E-state index in [1.807, 2.05) is 0 Å². The molecule has 0 spiro atoms. The molecule has 0 aliphatic rings. The third-order valence-corrected chi connectivity index (χ3v) is 1.44. The molecule has 0 aliphatic heterocycles. The molecule has 0 amide bonds. The minimum Gasteiger partial charge on any atom is -0.385 e. The number of halogens is 2. The minimum absolute atomic E-state index is 0.115. The van der Waals surface area contributed by atoms with Crippen molar-refractivity contribution < 1.29 is 13.9 Å². The molecule has 0 bridgehead atoms. The molecule has 1 rings (SSSR count). The lowest BCUT2D eigenvalue weighted by atomic mass is 10.4. The van der Waals surface area contributed by atoms with E-state index in [4.69, 9.17) is 10.8 Å². The molecule has 1 aromatic rings. The highest BCUT2D eigenvalue weighted by atomic mass is 19.3. The molecular formula is C7H10F2N4O. The van der Waals surface area contributed by atoms with E-state index in [9.17, 15) is 8.78 Å². The first kappa shape index (κ1) is 10.6. The van der Waals surface area contributed by atoms with Gasteiger partial charge in [0.05, 0.1) is 0 Å². The Morgan fingerprint density at radius 2 is 2.29 bits per heavy atom. The molecule has 1 heterocycles. The zero-order chi connectivity index (χ0) is 10.6. The third kappa shape index (κ3) is 3.09. The van der Waals surface area contributed by atoms with Gasteiger partial charge in [0, 0.05) is 12.7 Å². The first-order valence-corrected chi connectivity index (χ1v) is 3.88. The zero-order valence-electron chi connectivity index (χ0n) is 7.19. The van der Waals surface area contributed by atoms with Crippen LogP contribution >= 0.6 is 0 Å². The Bertz CT molecular complexity index is 297. The Hall–Kier alpha value is -1.50. The number of aromatic nitrogens is 2. The highest BCUT2D eigenvalue weighted by Gasteiger charge is 2.16. The van der Waals surface area contributed by atoms with Gasteiger partial charge in [0.1, 0.15) is 11.9 Å². The molecule has 0 saturated carbocycles. The number of anilines is 2. The van der Waals surface area contributed by atoms with E-state index < -0.39 is 12.5 Å². The summed E-state index contributed by atoms with van der Waals surface area (Å²) in [5.41, 5.74) is 5.32. The molecule has 14 heavy (non-hydrogen) atoms. The highest BCUT2D eigenvalue weighted by molar-refractivity contribution is 5.34. The van der Waals surface area contributed by atoms with Crippen molar-refractivity contribution in [2.45, 2.75) is 12.5 Å². The smallest absolute Gasteiger partial charge is 0.265 e. The number of alkyl halides is 2. The highest BCUT2D eigenvalue weighted by Crippen LogP contribution is 2.04. The molecule has 0 saturated heterocycles. The van der Waals surface area contributed by atoms with E-state index in [0.29, 0.717) is 0 Å². The lowest BCUT2D eigenvalue weighted by Crippen LogP contribution is -2.27. The van der Waals surface area contributed by atoms with Gasteiger partial charge in [-0.25, -0.2) is 13.8 Å². The van der Waals surface area contributed by atoms with E-state index in [1.54, 1.807) is 0 Å². The fourth-order valence-corrected chi connectivity index (χ4v) is 0.743. The van der Waals surface area contributed by atoms with E-state index in [0.717, 1.165) is 0 Å². The van der Waals surface area contributed by atoms with Crippen LogP contribution in [0.4, 0.5) is 20.5 Å². The van der Waals surface area contributed by atoms with Crippen molar-refractivity contribution in [2.75, 3.05) is 17.6 Å². The van der Waals surface area contributed by atoms with Crippen molar-refractivity contribution in [3.63, 3.8) is 0 Å². The maximum atomic E-state index is 11.9. The number of nitrogens with two attached hydrogens (primary N) is 1. The summed E-state index contributed by atoms with van der Waals surface area (Å²) in [7, 11) is 0. The predicted octanol–water partition coefficient (Wildman–Crippen LogP) is 0.0967. The monoisotopic (exact) mass is 204 g/mol. The molecule has 1 atom stereocenters. The maximum Gasteiger partial charge on any atom is 0.265 e. The average molecular weight is 204 g/mol. The molecular weight excluding hydrogens is 194 g/mol. The van der Waals surface area contributed by atoms with Crippen molar-refractivity contribution in [3.8, 4) is 0 Å². The van der Waals surface area contributed by atoms with Gasteiger partial charge in [-0.3, -0.25) is 0 Å². The summed E-state index contributed by atoms with van der Waals surface area (Å²) in [5, 5.41) is 11.2. The average Bonchev–Trinajstić information content (AvgIpc) is 2.14. The van der Waals surface area contributed by atoms with Crippen LogP contribution in [0.1, 0.15) is 0 Å². The Morgan fingerprint density at radius 1 is 1.57 bits per heavy atom. The fourth-order valence-electron chi connectivity index (χ4n) is 0.743. The summed E-state index contributed by atoms with van der Waals surface area (Å²) in [6.45, 7) is -0.318. The zero-order valence-corrected chi connectivity index (χ0v) is 7.19. The van der Waals surface area contributed by atoms with Crippen molar-refractivity contribution in [2.24, 2.45) is 0 Å². The quantitative estimate of drug-likeness (QED) is 0.647. The molecule has 0 aliphatic carbocycles. The van der Waals surface area contributed by atoms with Crippen LogP contribution in [0.15, 0.2) is 12.3 Å². The standard InChI is InChI=1S/C7H10F2N4O/c8-6(9)4(14)3-12-7-11-2-1-5(10)13-7/h1-2,4,6,14H,3H2,(H3,10,11,12,13). The summed E-state index contributed by atoms with van der Waals surface area (Å²) >= 11 is 0. The fraction of sp³-hybridized carbons (Fsp3) is 0.429. The second-order valence-corrected chi connectivity index (χ2v) is 2.59. The number of nitrogens with one attached hydrogen (secondary N) is 1. The van der Waals surface area contributed by atoms with Crippen molar-refractivity contribution in [1.29, 1.82) is 0 Å². The van der Waals surface area contributed by atoms with Gasteiger partial charge >= 0.3 is 0 Å². The van der Waals surface area contributed by atoms with Crippen LogP contribution in [0, 0.1) is 0 Å². The second kappa shape index (κ2) is 4.66. The number of nitrogen functional groups attached to an aromatic ring is 1. The van der Waals surface area contributed by atoms with Gasteiger partial charge < -0.3 is 16.2 Å². The summed E-state index contributed by atoms with van der Waals surface area (Å²) in [6.07, 6.45) is -3.14. The molecule has 4 N–H and O–H groups in total. The molecule has 5 nitrogen and oxygen atoms in total. The van der Waals surface area contributed by atoms with Crippen LogP contribution in [0.5, 0.6) is 0 Å². The Kier molecular flexibility index (Phi) is 3.52. The van der Waals surface area contributed by atoms with Gasteiger partial charge in [0.2, 0.25) is 5.95 Å². The predicted molar refractivity (Wildman–Crippen MR) is 46.9 cm³/mol. The maximum absolute atomic E-state index is 11.9. The van der Waals surface area contributed by atoms with Crippen molar-refractivity contribution >= 4 is 11.8 Å². The van der Waals surface area contributed by atoms with Gasteiger partial charge in [-0.1, -0.05) is 0 Å². The first-order chi connectivity index (χ1) is 6.59. The number of nitrogens with zero attached hydrogens (tertiary/aromatic N) is 2. The summed E-state index contributed by atoms with van der Waals surface area (Å²) in [4.78, 5) is 7.42. The van der Waals surface area contributed by atoms with Crippen LogP contribution < -0.4 is 11.1 Å². The van der Waals surface area contributed by atoms with Gasteiger partial charge in [0.15, 0.2) is 0 Å². The van der Waals surface area contributed by atoms with Gasteiger partial charge in [-0.05, 0) is 6.07 Å². The number of hydrogen-bond acceptors (Lipinski definition) is 5. The first-order valence-electron chi connectivity index (χ1n) is 3.88. The number of hydrogen-bond donors (Lipinski definition) is 3. The summed E-state index contributed by atoms with van der Waals surface area (Å²) < 4.78 is 23.7. The van der Waals surface area contributed by atoms with Crippen LogP contribution in [-0.4, -0.2) is 34.1 Å². The van der Waals surface area contributed by atoms with E-state index in [-0.39, 0.29) is 18.3 Å². The molecule has 78 valence electrons. The van der Waals surface area contributed by atoms with Crippen molar-refractivity contribution in [1.82, 2.24) is 9.97 Å². The lowest BCUT2D eigenvalue weighted by Gasteiger charge is -2.10. The van der Waals surface area contributed by atoms with E-state index >= 15 is 0 Å². The van der Waals surface area contributed by atoms with Crippen LogP contribution in [0.25, 0.3) is 0 Å². The lowest BCUT2D eigenvalue weighted by molar-refractivity contribution is 0.00377. The molecule has 7 heteroatoms. The van der Waals surface area contributed by atoms with Crippen LogP contribution in [0.2, 0.25) is 0 Å². The van der Waals surface area contributed by atoms with E-state index in [1.165, 1.54) is 12.3 Å². The topological polar surface area (TPSA) is 84.1 Å². The molecule has 1 aromatic heterocycles. The number of aliphatic hydroxyl groups excluding tert-OH is 1. The number of aliphatic hydroxyl groups is 1. The molecule has 0 aromatic carbocycles. The summed E-state index contributed by atoms with van der Waals surface area (Å²) in [5.74, 6) is 0.346. The van der Waals surface area contributed by atoms with Crippen LogP contribution in [-0.2, 0) is 0 Å². The molecule has 0 fully saturated rings. The Morgan fingerprint density at radius 3 is 2.86 bits per heavy atom. The summed E-state index contributed by atoms with van der Waals surface area (Å²) in [6, 6.07) is 1.47. The molecule has 1 unspecified atom stereocenters. The Balaban J connectivity index is 2.45. The normalized spacial score (nSPS) is 12.9. The SMILES string of the molecule is Nc1ccnc(NCC(O)C(F)F)n1. The van der Waals surface area contributed by atoms with Gasteiger partial charge in [-0.2, -0.15) is 4.98 Å². The molecule has 0 radical (unpaired) electrons.